The van der Waals surface area contributed by atoms with Crippen LogP contribution in [0.1, 0.15) is 38.7 Å². The highest BCUT2D eigenvalue weighted by Crippen LogP contribution is 2.38. The standard InChI is InChI=1S/C16H26N2/c1-12-6-7-13(10-15(12)18(4)5)17-14-8-9-16(2,3)11-14/h6-7,10,14,17H,8-9,11H2,1-5H3. The highest BCUT2D eigenvalue weighted by Gasteiger charge is 2.30. The van der Waals surface area contributed by atoms with Gasteiger partial charge in [0.2, 0.25) is 0 Å². The molecular formula is C16H26N2. The fraction of sp³-hybridized carbons (Fsp3) is 0.625. The van der Waals surface area contributed by atoms with Crippen LogP contribution in [0.15, 0.2) is 18.2 Å². The van der Waals surface area contributed by atoms with Gasteiger partial charge in [-0.3, -0.25) is 0 Å². The van der Waals surface area contributed by atoms with Crippen molar-refractivity contribution in [3.05, 3.63) is 23.8 Å². The summed E-state index contributed by atoms with van der Waals surface area (Å²) in [7, 11) is 4.20. The molecule has 1 aliphatic carbocycles. The highest BCUT2D eigenvalue weighted by molar-refractivity contribution is 5.62. The lowest BCUT2D eigenvalue weighted by atomic mass is 9.92. The van der Waals surface area contributed by atoms with Crippen molar-refractivity contribution < 1.29 is 0 Å². The minimum absolute atomic E-state index is 0.507. The molecule has 0 aromatic heterocycles. The van der Waals surface area contributed by atoms with E-state index >= 15 is 0 Å². The van der Waals surface area contributed by atoms with Crippen LogP contribution < -0.4 is 10.2 Å². The molecule has 0 spiro atoms. The Balaban J connectivity index is 2.09. The van der Waals surface area contributed by atoms with Crippen molar-refractivity contribution in [2.24, 2.45) is 5.41 Å². The van der Waals surface area contributed by atoms with Crippen LogP contribution in [0.25, 0.3) is 0 Å². The third-order valence-electron chi connectivity index (χ3n) is 4.03. The predicted molar refractivity (Wildman–Crippen MR) is 80.5 cm³/mol. The Hall–Kier alpha value is -1.18. The molecule has 0 bridgehead atoms. The molecule has 0 amide bonds. The molecule has 1 aromatic rings. The molecule has 1 unspecified atom stereocenters. The molecule has 0 saturated heterocycles. The molecule has 100 valence electrons. The summed E-state index contributed by atoms with van der Waals surface area (Å²) in [5.41, 5.74) is 4.40. The number of aryl methyl sites for hydroxylation is 1. The van der Waals surface area contributed by atoms with Gasteiger partial charge in [-0.05, 0) is 49.3 Å². The van der Waals surface area contributed by atoms with Crippen molar-refractivity contribution in [1.29, 1.82) is 0 Å². The molecule has 1 atom stereocenters. The first-order valence-electron chi connectivity index (χ1n) is 6.92. The number of nitrogens with zero attached hydrogens (tertiary/aromatic N) is 1. The lowest BCUT2D eigenvalue weighted by Crippen LogP contribution is -2.18. The van der Waals surface area contributed by atoms with E-state index < -0.39 is 0 Å². The SMILES string of the molecule is Cc1ccc(NC2CCC(C)(C)C2)cc1N(C)C. The van der Waals surface area contributed by atoms with Crippen LogP contribution in [0.5, 0.6) is 0 Å². The third kappa shape index (κ3) is 2.98. The number of hydrogen-bond donors (Lipinski definition) is 1. The van der Waals surface area contributed by atoms with Gasteiger partial charge in [-0.2, -0.15) is 0 Å². The van der Waals surface area contributed by atoms with Crippen LogP contribution in [0.2, 0.25) is 0 Å². The molecule has 1 aromatic carbocycles. The van der Waals surface area contributed by atoms with Gasteiger partial charge in [0.25, 0.3) is 0 Å². The normalized spacial score (nSPS) is 21.9. The maximum atomic E-state index is 3.69. The monoisotopic (exact) mass is 246 g/mol. The third-order valence-corrected chi connectivity index (χ3v) is 4.03. The number of hydrogen-bond acceptors (Lipinski definition) is 2. The number of rotatable bonds is 3. The van der Waals surface area contributed by atoms with Crippen molar-refractivity contribution in [3.8, 4) is 0 Å². The van der Waals surface area contributed by atoms with Crippen LogP contribution in [0.4, 0.5) is 11.4 Å². The van der Waals surface area contributed by atoms with Gasteiger partial charge < -0.3 is 10.2 Å². The van der Waals surface area contributed by atoms with E-state index in [-0.39, 0.29) is 0 Å². The summed E-state index contributed by atoms with van der Waals surface area (Å²) in [6.07, 6.45) is 3.90. The Bertz CT molecular complexity index is 421. The van der Waals surface area contributed by atoms with E-state index in [4.69, 9.17) is 0 Å². The van der Waals surface area contributed by atoms with E-state index in [1.807, 2.05) is 0 Å². The fourth-order valence-electron chi connectivity index (χ4n) is 2.98. The summed E-state index contributed by atoms with van der Waals surface area (Å²) in [5.74, 6) is 0. The van der Waals surface area contributed by atoms with E-state index in [9.17, 15) is 0 Å². The van der Waals surface area contributed by atoms with Crippen molar-refractivity contribution >= 4 is 11.4 Å². The summed E-state index contributed by atoms with van der Waals surface area (Å²) in [4.78, 5) is 2.18. The quantitative estimate of drug-likeness (QED) is 0.865. The first-order chi connectivity index (χ1) is 8.37. The molecule has 2 heteroatoms. The van der Waals surface area contributed by atoms with Crippen LogP contribution >= 0.6 is 0 Å². The van der Waals surface area contributed by atoms with Crippen LogP contribution in [-0.4, -0.2) is 20.1 Å². The maximum Gasteiger partial charge on any atom is 0.0411 e. The van der Waals surface area contributed by atoms with Gasteiger partial charge in [-0.1, -0.05) is 19.9 Å². The van der Waals surface area contributed by atoms with E-state index in [1.54, 1.807) is 0 Å². The van der Waals surface area contributed by atoms with E-state index in [1.165, 1.54) is 36.2 Å². The van der Waals surface area contributed by atoms with Crippen LogP contribution in [0.3, 0.4) is 0 Å². The molecule has 1 N–H and O–H groups in total. The average Bonchev–Trinajstić information content (AvgIpc) is 2.60. The molecule has 0 heterocycles. The predicted octanol–water partition coefficient (Wildman–Crippen LogP) is 4.05. The molecule has 0 aliphatic heterocycles. The second-order valence-corrected chi connectivity index (χ2v) is 6.64. The zero-order valence-electron chi connectivity index (χ0n) is 12.4. The zero-order valence-corrected chi connectivity index (χ0v) is 12.4. The van der Waals surface area contributed by atoms with E-state index in [2.05, 4.69) is 63.3 Å². The molecule has 18 heavy (non-hydrogen) atoms. The molecule has 0 radical (unpaired) electrons. The van der Waals surface area contributed by atoms with E-state index in [0.29, 0.717) is 11.5 Å². The lowest BCUT2D eigenvalue weighted by Gasteiger charge is -2.21. The molecule has 2 rings (SSSR count). The summed E-state index contributed by atoms with van der Waals surface area (Å²) in [5, 5.41) is 3.69. The topological polar surface area (TPSA) is 15.3 Å². The lowest BCUT2D eigenvalue weighted by molar-refractivity contribution is 0.378. The largest absolute Gasteiger partial charge is 0.382 e. The van der Waals surface area contributed by atoms with Crippen LogP contribution in [-0.2, 0) is 0 Å². The minimum atomic E-state index is 0.507. The van der Waals surface area contributed by atoms with Gasteiger partial charge in [-0.25, -0.2) is 0 Å². The second-order valence-electron chi connectivity index (χ2n) is 6.64. The molecular weight excluding hydrogens is 220 g/mol. The summed E-state index contributed by atoms with van der Waals surface area (Å²) in [6.45, 7) is 6.90. The van der Waals surface area contributed by atoms with Gasteiger partial charge in [0.1, 0.15) is 0 Å². The van der Waals surface area contributed by atoms with E-state index in [0.717, 1.165) is 0 Å². The molecule has 1 fully saturated rings. The van der Waals surface area contributed by atoms with Gasteiger partial charge in [-0.15, -0.1) is 0 Å². The number of anilines is 2. The van der Waals surface area contributed by atoms with Crippen molar-refractivity contribution in [3.63, 3.8) is 0 Å². The Morgan fingerprint density at radius 2 is 2.00 bits per heavy atom. The second kappa shape index (κ2) is 4.83. The Labute approximate surface area is 111 Å². The van der Waals surface area contributed by atoms with Crippen LogP contribution in [0, 0.1) is 12.3 Å². The first kappa shape index (κ1) is 13.3. The summed E-state index contributed by atoms with van der Waals surface area (Å²) < 4.78 is 0. The maximum absolute atomic E-state index is 3.69. The fourth-order valence-corrected chi connectivity index (χ4v) is 2.98. The first-order valence-corrected chi connectivity index (χ1v) is 6.92. The minimum Gasteiger partial charge on any atom is -0.382 e. The number of benzene rings is 1. The highest BCUT2D eigenvalue weighted by atomic mass is 15.1. The number of nitrogens with one attached hydrogen (secondary N) is 1. The Morgan fingerprint density at radius 1 is 1.28 bits per heavy atom. The molecule has 1 saturated carbocycles. The van der Waals surface area contributed by atoms with Crippen molar-refractivity contribution in [1.82, 2.24) is 0 Å². The van der Waals surface area contributed by atoms with Crippen molar-refractivity contribution in [2.45, 2.75) is 46.1 Å². The zero-order chi connectivity index (χ0) is 13.3. The Kier molecular flexibility index (Phi) is 3.56. The Morgan fingerprint density at radius 3 is 2.56 bits per heavy atom. The molecule has 1 aliphatic rings. The van der Waals surface area contributed by atoms with Gasteiger partial charge >= 0.3 is 0 Å². The summed E-state index contributed by atoms with van der Waals surface area (Å²) >= 11 is 0. The van der Waals surface area contributed by atoms with Gasteiger partial charge in [0.05, 0.1) is 0 Å². The van der Waals surface area contributed by atoms with Gasteiger partial charge in [0.15, 0.2) is 0 Å². The smallest absolute Gasteiger partial charge is 0.0411 e. The van der Waals surface area contributed by atoms with Crippen molar-refractivity contribution in [2.75, 3.05) is 24.3 Å². The summed E-state index contributed by atoms with van der Waals surface area (Å²) in [6, 6.07) is 7.31. The average molecular weight is 246 g/mol. The van der Waals surface area contributed by atoms with Gasteiger partial charge in [0, 0.05) is 31.5 Å². The molecule has 2 nitrogen and oxygen atoms in total.